The van der Waals surface area contributed by atoms with Crippen LogP contribution in [-0.2, 0) is 4.74 Å². The van der Waals surface area contributed by atoms with Gasteiger partial charge in [-0.05, 0) is 44.2 Å². The lowest BCUT2D eigenvalue weighted by atomic mass is 9.84. The Balaban J connectivity index is 1.82. The zero-order valence-electron chi connectivity index (χ0n) is 7.01. The van der Waals surface area contributed by atoms with Crippen LogP contribution in [0.15, 0.2) is 0 Å². The molecule has 0 bridgehead atoms. The van der Waals surface area contributed by atoms with Crippen LogP contribution in [0.1, 0.15) is 19.3 Å². The van der Waals surface area contributed by atoms with E-state index in [1.807, 2.05) is 0 Å². The molecule has 2 saturated heterocycles. The van der Waals surface area contributed by atoms with Gasteiger partial charge in [-0.2, -0.15) is 0 Å². The highest BCUT2D eigenvalue weighted by atomic mass is 16.5. The van der Waals surface area contributed by atoms with Crippen molar-refractivity contribution in [2.75, 3.05) is 26.3 Å². The third-order valence-electron chi connectivity index (χ3n) is 3.02. The van der Waals surface area contributed by atoms with Crippen molar-refractivity contribution in [3.05, 3.63) is 0 Å². The van der Waals surface area contributed by atoms with Gasteiger partial charge in [-0.15, -0.1) is 0 Å². The highest BCUT2D eigenvalue weighted by Gasteiger charge is 2.26. The van der Waals surface area contributed by atoms with Gasteiger partial charge in [0.05, 0.1) is 0 Å². The Morgan fingerprint density at radius 3 is 2.45 bits per heavy atom. The Morgan fingerprint density at radius 1 is 1.00 bits per heavy atom. The fraction of sp³-hybridized carbons (Fsp3) is 1.00. The van der Waals surface area contributed by atoms with Gasteiger partial charge in [-0.3, -0.25) is 0 Å². The fourth-order valence-electron chi connectivity index (χ4n) is 2.24. The zero-order chi connectivity index (χ0) is 7.52. The van der Waals surface area contributed by atoms with Gasteiger partial charge in [0, 0.05) is 13.2 Å². The molecule has 1 N–H and O–H groups in total. The van der Waals surface area contributed by atoms with Crippen LogP contribution in [0.4, 0.5) is 0 Å². The van der Waals surface area contributed by atoms with Crippen LogP contribution in [0, 0.1) is 11.8 Å². The Hall–Kier alpha value is -0.0800. The molecular formula is C9H17NO. The standard InChI is InChI=1S/C9H17NO/c1-4-10-5-2-8(1)9-3-6-11-7-9/h8-10H,1-7H2. The van der Waals surface area contributed by atoms with E-state index in [0.29, 0.717) is 0 Å². The molecule has 2 heteroatoms. The summed E-state index contributed by atoms with van der Waals surface area (Å²) in [4.78, 5) is 0. The molecule has 0 aromatic carbocycles. The molecule has 1 atom stereocenters. The molecule has 0 amide bonds. The van der Waals surface area contributed by atoms with E-state index in [1.54, 1.807) is 0 Å². The van der Waals surface area contributed by atoms with Crippen LogP contribution in [0.5, 0.6) is 0 Å². The third kappa shape index (κ3) is 1.74. The van der Waals surface area contributed by atoms with Crippen molar-refractivity contribution in [3.63, 3.8) is 0 Å². The molecule has 0 radical (unpaired) electrons. The second-order valence-electron chi connectivity index (χ2n) is 3.71. The minimum absolute atomic E-state index is 0.886. The Morgan fingerprint density at radius 2 is 1.82 bits per heavy atom. The van der Waals surface area contributed by atoms with Crippen LogP contribution in [0.2, 0.25) is 0 Å². The van der Waals surface area contributed by atoms with Crippen molar-refractivity contribution in [2.24, 2.45) is 11.8 Å². The number of nitrogens with one attached hydrogen (secondary N) is 1. The maximum absolute atomic E-state index is 5.39. The molecular weight excluding hydrogens is 138 g/mol. The first-order valence-corrected chi connectivity index (χ1v) is 4.75. The molecule has 2 aliphatic rings. The first-order valence-electron chi connectivity index (χ1n) is 4.75. The molecule has 0 aromatic rings. The lowest BCUT2D eigenvalue weighted by Gasteiger charge is -2.26. The van der Waals surface area contributed by atoms with E-state index in [1.165, 1.54) is 32.4 Å². The first-order chi connectivity index (χ1) is 5.47. The average Bonchev–Trinajstić information content (AvgIpc) is 2.58. The minimum Gasteiger partial charge on any atom is -0.381 e. The molecule has 0 aromatic heterocycles. The van der Waals surface area contributed by atoms with E-state index in [4.69, 9.17) is 4.74 Å². The second-order valence-corrected chi connectivity index (χ2v) is 3.71. The number of hydrogen-bond acceptors (Lipinski definition) is 2. The van der Waals surface area contributed by atoms with Crippen LogP contribution in [-0.4, -0.2) is 26.3 Å². The molecule has 2 nitrogen and oxygen atoms in total. The molecule has 0 saturated carbocycles. The first kappa shape index (κ1) is 7.56. The SMILES string of the molecule is C1CC(C2CCOC2)CCN1. The van der Waals surface area contributed by atoms with Crippen LogP contribution in [0.25, 0.3) is 0 Å². The van der Waals surface area contributed by atoms with E-state index in [9.17, 15) is 0 Å². The van der Waals surface area contributed by atoms with Crippen molar-refractivity contribution in [1.82, 2.24) is 5.32 Å². The summed E-state index contributed by atoms with van der Waals surface area (Å²) in [5.41, 5.74) is 0. The van der Waals surface area contributed by atoms with Crippen molar-refractivity contribution in [3.8, 4) is 0 Å². The van der Waals surface area contributed by atoms with Gasteiger partial charge in [0.1, 0.15) is 0 Å². The number of rotatable bonds is 1. The topological polar surface area (TPSA) is 21.3 Å². The summed E-state index contributed by atoms with van der Waals surface area (Å²) in [6, 6.07) is 0. The van der Waals surface area contributed by atoms with Gasteiger partial charge >= 0.3 is 0 Å². The van der Waals surface area contributed by atoms with Crippen molar-refractivity contribution in [2.45, 2.75) is 19.3 Å². The molecule has 2 aliphatic heterocycles. The molecule has 2 rings (SSSR count). The van der Waals surface area contributed by atoms with Gasteiger partial charge in [0.25, 0.3) is 0 Å². The summed E-state index contributed by atoms with van der Waals surface area (Å²) < 4.78 is 5.39. The van der Waals surface area contributed by atoms with Gasteiger partial charge in [0.15, 0.2) is 0 Å². The lowest BCUT2D eigenvalue weighted by Crippen LogP contribution is -2.31. The Bertz CT molecular complexity index is 115. The summed E-state index contributed by atoms with van der Waals surface area (Å²) in [6.45, 7) is 4.49. The van der Waals surface area contributed by atoms with Gasteiger partial charge < -0.3 is 10.1 Å². The largest absolute Gasteiger partial charge is 0.381 e. The Kier molecular flexibility index (Phi) is 2.44. The van der Waals surface area contributed by atoms with E-state index in [0.717, 1.165) is 25.0 Å². The quantitative estimate of drug-likeness (QED) is 0.610. The predicted octanol–water partition coefficient (Wildman–Crippen LogP) is 1.02. The maximum Gasteiger partial charge on any atom is 0.0497 e. The molecule has 1 unspecified atom stereocenters. The number of piperidine rings is 1. The summed E-state index contributed by atoms with van der Waals surface area (Å²) in [6.07, 6.45) is 4.05. The lowest BCUT2D eigenvalue weighted by molar-refractivity contribution is 0.162. The maximum atomic E-state index is 5.39. The summed E-state index contributed by atoms with van der Waals surface area (Å²) in [5, 5.41) is 3.40. The molecule has 0 aliphatic carbocycles. The van der Waals surface area contributed by atoms with Crippen LogP contribution in [0.3, 0.4) is 0 Å². The van der Waals surface area contributed by atoms with Crippen LogP contribution >= 0.6 is 0 Å². The highest BCUT2D eigenvalue weighted by Crippen LogP contribution is 2.28. The highest BCUT2D eigenvalue weighted by molar-refractivity contribution is 4.77. The predicted molar refractivity (Wildman–Crippen MR) is 44.5 cm³/mol. The molecule has 2 fully saturated rings. The van der Waals surface area contributed by atoms with Crippen LogP contribution < -0.4 is 5.32 Å². The summed E-state index contributed by atoms with van der Waals surface area (Å²) in [5.74, 6) is 1.84. The fourth-order valence-corrected chi connectivity index (χ4v) is 2.24. The summed E-state index contributed by atoms with van der Waals surface area (Å²) >= 11 is 0. The average molecular weight is 155 g/mol. The molecule has 2 heterocycles. The molecule has 64 valence electrons. The van der Waals surface area contributed by atoms with Crippen molar-refractivity contribution in [1.29, 1.82) is 0 Å². The molecule has 11 heavy (non-hydrogen) atoms. The minimum atomic E-state index is 0.886. The van der Waals surface area contributed by atoms with E-state index < -0.39 is 0 Å². The monoisotopic (exact) mass is 155 g/mol. The number of ether oxygens (including phenoxy) is 1. The third-order valence-corrected chi connectivity index (χ3v) is 3.02. The van der Waals surface area contributed by atoms with E-state index in [2.05, 4.69) is 5.32 Å². The van der Waals surface area contributed by atoms with Gasteiger partial charge in [-0.1, -0.05) is 0 Å². The molecule has 0 spiro atoms. The number of hydrogen-bond donors (Lipinski definition) is 1. The van der Waals surface area contributed by atoms with Crippen molar-refractivity contribution < 1.29 is 4.74 Å². The van der Waals surface area contributed by atoms with Gasteiger partial charge in [-0.25, -0.2) is 0 Å². The second kappa shape index (κ2) is 3.55. The normalized spacial score (nSPS) is 34.4. The Labute approximate surface area is 68.3 Å². The van der Waals surface area contributed by atoms with E-state index in [-0.39, 0.29) is 0 Å². The van der Waals surface area contributed by atoms with E-state index >= 15 is 0 Å². The van der Waals surface area contributed by atoms with Crippen molar-refractivity contribution >= 4 is 0 Å². The van der Waals surface area contributed by atoms with Gasteiger partial charge in [0.2, 0.25) is 0 Å². The summed E-state index contributed by atoms with van der Waals surface area (Å²) in [7, 11) is 0. The zero-order valence-corrected chi connectivity index (χ0v) is 7.01. The smallest absolute Gasteiger partial charge is 0.0497 e.